The van der Waals surface area contributed by atoms with E-state index >= 15 is 0 Å². The molecular weight excluding hydrogens is 366 g/mol. The molecule has 2 heterocycles. The Morgan fingerprint density at radius 2 is 1.87 bits per heavy atom. The van der Waals surface area contributed by atoms with Gasteiger partial charge in [0.05, 0.1) is 6.20 Å². The average Bonchev–Trinajstić information content (AvgIpc) is 3.20. The molecule has 0 N–H and O–H groups in total. The Morgan fingerprint density at radius 1 is 1.10 bits per heavy atom. The molecule has 0 radical (unpaired) electrons. The maximum absolute atomic E-state index is 4.29. The van der Waals surface area contributed by atoms with E-state index in [1.807, 2.05) is 37.0 Å². The van der Waals surface area contributed by atoms with Crippen molar-refractivity contribution in [1.82, 2.24) is 9.78 Å². The van der Waals surface area contributed by atoms with Crippen molar-refractivity contribution in [3.05, 3.63) is 96.4 Å². The summed E-state index contributed by atoms with van der Waals surface area (Å²) in [5, 5.41) is 4.29. The van der Waals surface area contributed by atoms with Gasteiger partial charge in [-0.2, -0.15) is 5.10 Å². The molecule has 3 aromatic rings. The fourth-order valence-electron chi connectivity index (χ4n) is 3.89. The first-order chi connectivity index (χ1) is 14.5. The summed E-state index contributed by atoms with van der Waals surface area (Å²) >= 11 is 0. The van der Waals surface area contributed by atoms with Gasteiger partial charge in [0.15, 0.2) is 0 Å². The van der Waals surface area contributed by atoms with Crippen molar-refractivity contribution in [2.24, 2.45) is 7.05 Å². The highest BCUT2D eigenvalue weighted by Crippen LogP contribution is 2.31. The lowest BCUT2D eigenvalue weighted by Crippen LogP contribution is -2.38. The number of allylic oxidation sites excluding steroid dienone is 3. The van der Waals surface area contributed by atoms with Crippen molar-refractivity contribution >= 4 is 5.69 Å². The second-order valence-corrected chi connectivity index (χ2v) is 7.85. The molecule has 1 unspecified atom stereocenters. The van der Waals surface area contributed by atoms with E-state index in [1.165, 1.54) is 33.5 Å². The van der Waals surface area contributed by atoms with Gasteiger partial charge in [-0.05, 0) is 61.1 Å². The van der Waals surface area contributed by atoms with Crippen LogP contribution in [-0.4, -0.2) is 15.8 Å². The van der Waals surface area contributed by atoms with Crippen LogP contribution in [0, 0.1) is 0 Å². The van der Waals surface area contributed by atoms with E-state index in [2.05, 4.69) is 79.1 Å². The van der Waals surface area contributed by atoms with Gasteiger partial charge in [0.1, 0.15) is 0 Å². The Labute approximate surface area is 181 Å². The van der Waals surface area contributed by atoms with Crippen LogP contribution in [0.15, 0.2) is 79.7 Å². The van der Waals surface area contributed by atoms with E-state index < -0.39 is 0 Å². The van der Waals surface area contributed by atoms with Crippen LogP contribution >= 0.6 is 0 Å². The summed E-state index contributed by atoms with van der Waals surface area (Å²) in [4.78, 5) is 2.52. The third kappa shape index (κ3) is 5.10. The molecule has 4 rings (SSSR count). The lowest BCUT2D eigenvalue weighted by atomic mass is 9.91. The molecule has 0 spiro atoms. The largest absolute Gasteiger partial charge is 0.364 e. The predicted molar refractivity (Wildman–Crippen MR) is 129 cm³/mol. The van der Waals surface area contributed by atoms with Gasteiger partial charge in [-0.1, -0.05) is 62.1 Å². The van der Waals surface area contributed by atoms with Gasteiger partial charge >= 0.3 is 0 Å². The van der Waals surface area contributed by atoms with E-state index in [1.54, 1.807) is 6.08 Å². The summed E-state index contributed by atoms with van der Waals surface area (Å²) in [5.74, 6) is 0. The average molecular weight is 400 g/mol. The molecule has 0 amide bonds. The second kappa shape index (κ2) is 10.1. The Morgan fingerprint density at radius 3 is 2.43 bits per heavy atom. The van der Waals surface area contributed by atoms with Crippen LogP contribution in [-0.2, 0) is 26.4 Å². The standard InChI is InChI=1S/C22H25N3.C5H8/c1-4-17-5-9-22(10-6-17)25-15-19-8-7-18(12-20(19)11-16(25)2)21-13-23-24(3)14-21;1-3-5-4-2/h5-10,12-14,16H,4,11,15H2,1-3H3;3-5H,1H2,2H3/b;5-4-. The number of aromatic nitrogens is 2. The van der Waals surface area contributed by atoms with Crippen LogP contribution in [0.25, 0.3) is 11.1 Å². The van der Waals surface area contributed by atoms with Crippen LogP contribution in [0.2, 0.25) is 0 Å². The first kappa shape index (κ1) is 21.6. The first-order valence-electron chi connectivity index (χ1n) is 10.8. The topological polar surface area (TPSA) is 21.1 Å². The SMILES string of the molecule is C=C/C=C\C.CCc1ccc(N2Cc3ccc(-c4cnn(C)c4)cc3CC2C)cc1. The molecule has 1 atom stereocenters. The van der Waals surface area contributed by atoms with E-state index in [0.29, 0.717) is 6.04 Å². The zero-order valence-corrected chi connectivity index (χ0v) is 18.7. The highest BCUT2D eigenvalue weighted by Gasteiger charge is 2.23. The van der Waals surface area contributed by atoms with Crippen molar-refractivity contribution in [1.29, 1.82) is 0 Å². The quantitative estimate of drug-likeness (QED) is 0.477. The molecular formula is C27H33N3. The van der Waals surface area contributed by atoms with Gasteiger partial charge in [0.2, 0.25) is 0 Å². The van der Waals surface area contributed by atoms with Crippen LogP contribution in [0.5, 0.6) is 0 Å². The number of benzene rings is 2. The fraction of sp³-hybridized carbons (Fsp3) is 0.296. The summed E-state index contributed by atoms with van der Waals surface area (Å²) in [5.41, 5.74) is 8.08. The molecule has 3 heteroatoms. The molecule has 3 nitrogen and oxygen atoms in total. The molecule has 1 aliphatic rings. The number of aryl methyl sites for hydroxylation is 2. The fourth-order valence-corrected chi connectivity index (χ4v) is 3.89. The normalized spacial score (nSPS) is 15.5. The highest BCUT2D eigenvalue weighted by atomic mass is 15.2. The van der Waals surface area contributed by atoms with E-state index in [0.717, 1.165) is 19.4 Å². The third-order valence-corrected chi connectivity index (χ3v) is 5.64. The number of hydrogen-bond donors (Lipinski definition) is 0. The zero-order chi connectivity index (χ0) is 21.5. The van der Waals surface area contributed by atoms with Crippen LogP contribution < -0.4 is 4.90 Å². The molecule has 0 saturated heterocycles. The van der Waals surface area contributed by atoms with Crippen molar-refractivity contribution < 1.29 is 0 Å². The third-order valence-electron chi connectivity index (χ3n) is 5.64. The van der Waals surface area contributed by atoms with Gasteiger partial charge < -0.3 is 4.90 Å². The second-order valence-electron chi connectivity index (χ2n) is 7.85. The minimum atomic E-state index is 0.504. The number of nitrogens with zero attached hydrogens (tertiary/aromatic N) is 3. The lowest BCUT2D eigenvalue weighted by Gasteiger charge is -2.37. The minimum absolute atomic E-state index is 0.504. The lowest BCUT2D eigenvalue weighted by molar-refractivity contribution is 0.594. The molecule has 30 heavy (non-hydrogen) atoms. The minimum Gasteiger partial charge on any atom is -0.364 e. The van der Waals surface area contributed by atoms with E-state index in [-0.39, 0.29) is 0 Å². The zero-order valence-electron chi connectivity index (χ0n) is 18.7. The van der Waals surface area contributed by atoms with Gasteiger partial charge in [-0.25, -0.2) is 0 Å². The van der Waals surface area contributed by atoms with E-state index in [9.17, 15) is 0 Å². The predicted octanol–water partition coefficient (Wildman–Crippen LogP) is 6.35. The maximum atomic E-state index is 4.29. The van der Waals surface area contributed by atoms with Crippen LogP contribution in [0.1, 0.15) is 37.5 Å². The summed E-state index contributed by atoms with van der Waals surface area (Å²) in [7, 11) is 1.96. The number of hydrogen-bond acceptors (Lipinski definition) is 2. The van der Waals surface area contributed by atoms with Crippen molar-refractivity contribution in [2.45, 2.75) is 46.2 Å². The monoisotopic (exact) mass is 399 g/mol. The van der Waals surface area contributed by atoms with Crippen LogP contribution in [0.3, 0.4) is 0 Å². The van der Waals surface area contributed by atoms with Gasteiger partial charge in [0.25, 0.3) is 0 Å². The highest BCUT2D eigenvalue weighted by molar-refractivity contribution is 5.64. The summed E-state index contributed by atoms with van der Waals surface area (Å²) in [6.07, 6.45) is 11.8. The summed E-state index contributed by atoms with van der Waals surface area (Å²) in [6, 6.07) is 16.4. The smallest absolute Gasteiger partial charge is 0.0568 e. The van der Waals surface area contributed by atoms with Gasteiger partial charge in [-0.3, -0.25) is 4.68 Å². The Bertz CT molecular complexity index is 995. The molecule has 1 aliphatic heterocycles. The van der Waals surface area contributed by atoms with Crippen molar-refractivity contribution in [3.8, 4) is 11.1 Å². The maximum Gasteiger partial charge on any atom is 0.0568 e. The number of rotatable bonds is 4. The van der Waals surface area contributed by atoms with Gasteiger partial charge in [-0.15, -0.1) is 0 Å². The Kier molecular flexibility index (Phi) is 7.29. The summed E-state index contributed by atoms with van der Waals surface area (Å²) < 4.78 is 1.86. The first-order valence-corrected chi connectivity index (χ1v) is 10.8. The molecule has 0 bridgehead atoms. The molecule has 2 aromatic carbocycles. The van der Waals surface area contributed by atoms with Crippen molar-refractivity contribution in [2.75, 3.05) is 4.90 Å². The molecule has 1 aromatic heterocycles. The molecule has 0 saturated carbocycles. The summed E-state index contributed by atoms with van der Waals surface area (Å²) in [6.45, 7) is 10.9. The Balaban J connectivity index is 0.000000461. The number of anilines is 1. The Hall–Kier alpha value is -3.07. The molecule has 0 aliphatic carbocycles. The molecule has 0 fully saturated rings. The van der Waals surface area contributed by atoms with Crippen LogP contribution in [0.4, 0.5) is 5.69 Å². The van der Waals surface area contributed by atoms with Crippen molar-refractivity contribution in [3.63, 3.8) is 0 Å². The van der Waals surface area contributed by atoms with Gasteiger partial charge in [0, 0.05) is 37.1 Å². The molecule has 156 valence electrons. The van der Waals surface area contributed by atoms with E-state index in [4.69, 9.17) is 0 Å². The number of fused-ring (bicyclic) bond motifs is 1.